The maximum Gasteiger partial charge on any atom is 0.460 e. The molecule has 0 amide bonds. The minimum absolute atomic E-state index is 7.82. The lowest BCUT2D eigenvalue weighted by atomic mass is 9.81. The SMILES string of the molecule is OC(F)(C(F)(F)F)C(F)(F)C(F)(F)C(F)(F)C(F)(F)C(F)(F)C(F)(F)C(F)(F)C(F)(F)C(F)(F)C(F)(F)C(F)(F)C(F)(F)C(F)(F)C(F)(F)C(F)(F)C(F)(F)C(F)(F)C(F)(F)C(F)(F)C(F)(F)C(F)(F)F. The van der Waals surface area contributed by atoms with Crippen molar-refractivity contribution in [3.63, 3.8) is 0 Å². The van der Waals surface area contributed by atoms with Crippen molar-refractivity contribution in [2.75, 3.05) is 0 Å². The summed E-state index contributed by atoms with van der Waals surface area (Å²) in [5, 5.41) is 7.82. The molecule has 0 radical (unpaired) electrons. The van der Waals surface area contributed by atoms with E-state index >= 15 is 0 Å². The predicted molar refractivity (Wildman–Crippen MR) is 117 cm³/mol. The molecular formula is C23HF47O. The van der Waals surface area contributed by atoms with Crippen molar-refractivity contribution in [2.24, 2.45) is 0 Å². The molecule has 0 spiro atoms. The molecule has 0 aliphatic rings. The summed E-state index contributed by atoms with van der Waals surface area (Å²) in [6.45, 7) is 0. The fourth-order valence-corrected chi connectivity index (χ4v) is 4.11. The Balaban J connectivity index is 8.13. The molecule has 1 unspecified atom stereocenters. The van der Waals surface area contributed by atoms with Gasteiger partial charge in [-0.25, -0.2) is 0 Å². The molecular weight excluding hydrogens is 1190 g/mol. The van der Waals surface area contributed by atoms with Crippen molar-refractivity contribution in [1.29, 1.82) is 0 Å². The van der Waals surface area contributed by atoms with Gasteiger partial charge in [0, 0.05) is 0 Å². The number of rotatable bonds is 20. The first-order valence-corrected chi connectivity index (χ1v) is 14.6. The van der Waals surface area contributed by atoms with E-state index in [9.17, 15) is 206 Å². The topological polar surface area (TPSA) is 20.2 Å². The van der Waals surface area contributed by atoms with Crippen LogP contribution in [0.4, 0.5) is 206 Å². The predicted octanol–water partition coefficient (Wildman–Crippen LogP) is 14.5. The smallest absolute Gasteiger partial charge is 0.350 e. The third kappa shape index (κ3) is 7.36. The van der Waals surface area contributed by atoms with Crippen LogP contribution in [-0.2, 0) is 0 Å². The molecule has 0 aromatic carbocycles. The molecule has 0 aliphatic carbocycles. The quantitative estimate of drug-likeness (QED) is 0.120. The van der Waals surface area contributed by atoms with Gasteiger partial charge in [0.05, 0.1) is 0 Å². The summed E-state index contributed by atoms with van der Waals surface area (Å²) < 4.78 is 636. The molecule has 1 N–H and O–H groups in total. The van der Waals surface area contributed by atoms with Gasteiger partial charge >= 0.3 is 137 Å². The van der Waals surface area contributed by atoms with Crippen LogP contribution >= 0.6 is 0 Å². The van der Waals surface area contributed by atoms with Crippen molar-refractivity contribution in [3.05, 3.63) is 0 Å². The van der Waals surface area contributed by atoms with Gasteiger partial charge in [0.1, 0.15) is 0 Å². The minimum Gasteiger partial charge on any atom is -0.350 e. The molecule has 0 heterocycles. The number of hydrogen-bond acceptors (Lipinski definition) is 1. The van der Waals surface area contributed by atoms with Crippen LogP contribution in [0, 0.1) is 0 Å². The molecule has 0 saturated carbocycles. The Labute approximate surface area is 349 Å². The fourth-order valence-electron chi connectivity index (χ4n) is 4.11. The first kappa shape index (κ1) is 67.7. The summed E-state index contributed by atoms with van der Waals surface area (Å²) >= 11 is 0. The van der Waals surface area contributed by atoms with Crippen molar-refractivity contribution < 1.29 is 211 Å². The first-order chi connectivity index (χ1) is 29.5. The van der Waals surface area contributed by atoms with Gasteiger partial charge in [0.15, 0.2) is 0 Å². The lowest BCUT2D eigenvalue weighted by molar-refractivity contribution is -0.500. The Morgan fingerprint density at radius 3 is 0.282 bits per heavy atom. The van der Waals surface area contributed by atoms with Gasteiger partial charge in [-0.1, -0.05) is 0 Å². The average molecular weight is 1190 g/mol. The van der Waals surface area contributed by atoms with Crippen LogP contribution in [0.25, 0.3) is 0 Å². The zero-order chi connectivity index (χ0) is 59.5. The Kier molecular flexibility index (Phi) is 15.1. The normalized spacial score (nSPS) is 18.3. The van der Waals surface area contributed by atoms with E-state index in [1.165, 1.54) is 0 Å². The van der Waals surface area contributed by atoms with Crippen LogP contribution in [-0.4, -0.2) is 142 Å². The van der Waals surface area contributed by atoms with Crippen molar-refractivity contribution in [1.82, 2.24) is 0 Å². The standard InChI is InChI=1S/C23HF47O/c24-1(25,2(26,27)4(30,31)6(34,35)8(38,39)10(42,43)12(46,47)14(50,51)16(54,55)18(58,59)20(62,63)22(65,66)67)3(28,29)5(32,33)7(36,37)9(40,41)11(44,45)13(48,49)15(52,53)17(56,57)19(60,61)21(64,71)23(68,69)70/h71H. The van der Waals surface area contributed by atoms with E-state index in [4.69, 9.17) is 5.11 Å². The van der Waals surface area contributed by atoms with E-state index < -0.39 is 137 Å². The van der Waals surface area contributed by atoms with Crippen LogP contribution in [0.1, 0.15) is 0 Å². The molecule has 0 aromatic heterocycles. The summed E-state index contributed by atoms with van der Waals surface area (Å²) in [7, 11) is 0. The molecule has 0 rings (SSSR count). The second-order valence-electron chi connectivity index (χ2n) is 13.1. The van der Waals surface area contributed by atoms with Crippen LogP contribution in [0.5, 0.6) is 0 Å². The van der Waals surface area contributed by atoms with E-state index in [0.29, 0.717) is 0 Å². The highest BCUT2D eigenvalue weighted by molar-refractivity contribution is 5.24. The number of halogens is 47. The zero-order valence-corrected chi connectivity index (χ0v) is 29.7. The maximum absolute atomic E-state index is 14.0. The molecule has 1 nitrogen and oxygen atoms in total. The number of hydrogen-bond donors (Lipinski definition) is 1. The van der Waals surface area contributed by atoms with Gasteiger partial charge < -0.3 is 5.11 Å². The van der Waals surface area contributed by atoms with Gasteiger partial charge in [0.25, 0.3) is 0 Å². The Morgan fingerprint density at radius 1 is 0.113 bits per heavy atom. The van der Waals surface area contributed by atoms with E-state index in [2.05, 4.69) is 0 Å². The van der Waals surface area contributed by atoms with Crippen molar-refractivity contribution in [2.45, 2.75) is 137 Å². The summed E-state index contributed by atoms with van der Waals surface area (Å²) in [6, 6.07) is 0. The van der Waals surface area contributed by atoms with Gasteiger partial charge in [0.2, 0.25) is 0 Å². The van der Waals surface area contributed by atoms with Crippen LogP contribution in [0.3, 0.4) is 0 Å². The maximum atomic E-state index is 14.0. The summed E-state index contributed by atoms with van der Waals surface area (Å²) in [4.78, 5) is 0. The Bertz CT molecular complexity index is 1790. The lowest BCUT2D eigenvalue weighted by Gasteiger charge is -2.47. The molecule has 48 heteroatoms. The summed E-state index contributed by atoms with van der Waals surface area (Å²) in [5.74, 6) is -216. The van der Waals surface area contributed by atoms with Gasteiger partial charge in [-0.05, 0) is 0 Å². The summed E-state index contributed by atoms with van der Waals surface area (Å²) in [6.07, 6.45) is -17.0. The Hall–Kier alpha value is -3.33. The first-order valence-electron chi connectivity index (χ1n) is 14.6. The molecule has 0 aromatic rings. The fraction of sp³-hybridized carbons (Fsp3) is 1.00. The van der Waals surface area contributed by atoms with Gasteiger partial charge in [-0.3, -0.25) is 0 Å². The number of aliphatic hydroxyl groups is 1. The monoisotopic (exact) mass is 1190 g/mol. The third-order valence-electron chi connectivity index (χ3n) is 8.64. The highest BCUT2D eigenvalue weighted by Crippen LogP contribution is 2.72. The van der Waals surface area contributed by atoms with E-state index in [0.717, 1.165) is 0 Å². The highest BCUT2D eigenvalue weighted by Gasteiger charge is 3.04. The van der Waals surface area contributed by atoms with E-state index in [1.54, 1.807) is 0 Å². The zero-order valence-electron chi connectivity index (χ0n) is 29.7. The molecule has 0 saturated heterocycles. The molecule has 0 fully saturated rings. The van der Waals surface area contributed by atoms with Crippen molar-refractivity contribution >= 4 is 0 Å². The number of alkyl halides is 47. The molecule has 428 valence electrons. The average Bonchev–Trinajstić information content (AvgIpc) is 3.11. The van der Waals surface area contributed by atoms with Gasteiger partial charge in [-0.2, -0.15) is 206 Å². The van der Waals surface area contributed by atoms with Crippen molar-refractivity contribution in [3.8, 4) is 0 Å². The Morgan fingerprint density at radius 2 is 0.197 bits per heavy atom. The molecule has 71 heavy (non-hydrogen) atoms. The molecule has 0 bridgehead atoms. The van der Waals surface area contributed by atoms with Crippen LogP contribution < -0.4 is 0 Å². The van der Waals surface area contributed by atoms with Crippen LogP contribution in [0.15, 0.2) is 0 Å². The third-order valence-corrected chi connectivity index (χ3v) is 8.64. The minimum atomic E-state index is -10.9. The summed E-state index contributed by atoms with van der Waals surface area (Å²) in [5.41, 5.74) is 0. The van der Waals surface area contributed by atoms with Crippen LogP contribution in [0.2, 0.25) is 0 Å². The largest absolute Gasteiger partial charge is 0.460 e. The van der Waals surface area contributed by atoms with E-state index in [1.807, 2.05) is 0 Å². The van der Waals surface area contributed by atoms with E-state index in [-0.39, 0.29) is 0 Å². The lowest BCUT2D eigenvalue weighted by Crippen LogP contribution is -2.81. The second-order valence-corrected chi connectivity index (χ2v) is 13.1. The molecule has 0 aliphatic heterocycles. The van der Waals surface area contributed by atoms with Gasteiger partial charge in [-0.15, -0.1) is 0 Å². The second kappa shape index (κ2) is 15.9. The molecule has 1 atom stereocenters. The highest BCUT2D eigenvalue weighted by atomic mass is 19.5.